The minimum absolute atomic E-state index is 0.864. The highest BCUT2D eigenvalue weighted by Gasteiger charge is 2.12. The van der Waals surface area contributed by atoms with Gasteiger partial charge in [-0.2, -0.15) is 0 Å². The standard InChI is InChI=1S/C16H19N3/c1-12-5-7-17-10-15(12)11-18-9-14-4-2-3-13-6-8-19-16(13)14/h2-5,7,10,18-19H,6,8-9,11H2,1H3. The van der Waals surface area contributed by atoms with Crippen molar-refractivity contribution in [3.8, 4) is 0 Å². The SMILES string of the molecule is Cc1ccncc1CNCc1cccc2c1NCC2. The van der Waals surface area contributed by atoms with Crippen molar-refractivity contribution >= 4 is 5.69 Å². The minimum Gasteiger partial charge on any atom is -0.384 e. The molecular weight excluding hydrogens is 234 g/mol. The molecule has 1 aromatic carbocycles. The lowest BCUT2D eigenvalue weighted by molar-refractivity contribution is 0.689. The normalized spacial score (nSPS) is 13.1. The van der Waals surface area contributed by atoms with Gasteiger partial charge < -0.3 is 10.6 Å². The molecule has 2 heterocycles. The predicted molar refractivity (Wildman–Crippen MR) is 78.2 cm³/mol. The molecule has 3 heteroatoms. The lowest BCUT2D eigenvalue weighted by atomic mass is 10.1. The van der Waals surface area contributed by atoms with E-state index in [-0.39, 0.29) is 0 Å². The van der Waals surface area contributed by atoms with Crippen molar-refractivity contribution < 1.29 is 0 Å². The van der Waals surface area contributed by atoms with E-state index in [0.717, 1.165) is 26.1 Å². The second-order valence-corrected chi connectivity index (χ2v) is 5.03. The maximum atomic E-state index is 4.18. The number of fused-ring (bicyclic) bond motifs is 1. The van der Waals surface area contributed by atoms with Gasteiger partial charge in [0.25, 0.3) is 0 Å². The number of rotatable bonds is 4. The molecule has 1 aliphatic heterocycles. The van der Waals surface area contributed by atoms with Gasteiger partial charge in [0.1, 0.15) is 0 Å². The van der Waals surface area contributed by atoms with Gasteiger partial charge in [-0.25, -0.2) is 0 Å². The van der Waals surface area contributed by atoms with Gasteiger partial charge in [-0.15, -0.1) is 0 Å². The Kier molecular flexibility index (Phi) is 3.47. The zero-order valence-electron chi connectivity index (χ0n) is 11.2. The summed E-state index contributed by atoms with van der Waals surface area (Å²) in [4.78, 5) is 4.18. The van der Waals surface area contributed by atoms with Crippen LogP contribution in [-0.4, -0.2) is 11.5 Å². The molecule has 0 bridgehead atoms. The Bertz CT molecular complexity index is 578. The van der Waals surface area contributed by atoms with Gasteiger partial charge in [-0.05, 0) is 41.7 Å². The minimum atomic E-state index is 0.864. The van der Waals surface area contributed by atoms with E-state index in [2.05, 4.69) is 46.8 Å². The fraction of sp³-hybridized carbons (Fsp3) is 0.312. The molecule has 0 atom stereocenters. The first-order chi connectivity index (χ1) is 9.34. The van der Waals surface area contributed by atoms with E-state index in [1.54, 1.807) is 0 Å². The van der Waals surface area contributed by atoms with Crippen molar-refractivity contribution in [3.63, 3.8) is 0 Å². The number of anilines is 1. The molecule has 0 fully saturated rings. The molecule has 0 saturated carbocycles. The molecule has 1 aromatic heterocycles. The second kappa shape index (κ2) is 5.41. The summed E-state index contributed by atoms with van der Waals surface area (Å²) in [5, 5.41) is 6.98. The number of pyridine rings is 1. The van der Waals surface area contributed by atoms with Crippen LogP contribution in [0.3, 0.4) is 0 Å². The molecule has 0 spiro atoms. The lowest BCUT2D eigenvalue weighted by Gasteiger charge is -2.11. The number of aryl methyl sites for hydroxylation is 1. The van der Waals surface area contributed by atoms with Crippen molar-refractivity contribution in [2.24, 2.45) is 0 Å². The molecule has 0 aliphatic carbocycles. The van der Waals surface area contributed by atoms with Crippen LogP contribution in [0.2, 0.25) is 0 Å². The molecule has 2 N–H and O–H groups in total. The van der Waals surface area contributed by atoms with E-state index in [9.17, 15) is 0 Å². The number of para-hydroxylation sites is 1. The molecule has 3 nitrogen and oxygen atoms in total. The van der Waals surface area contributed by atoms with E-state index in [1.165, 1.54) is 27.9 Å². The zero-order chi connectivity index (χ0) is 13.1. The monoisotopic (exact) mass is 253 g/mol. The average molecular weight is 253 g/mol. The van der Waals surface area contributed by atoms with E-state index >= 15 is 0 Å². The maximum absolute atomic E-state index is 4.18. The molecule has 0 radical (unpaired) electrons. The third kappa shape index (κ3) is 2.61. The molecule has 3 rings (SSSR count). The van der Waals surface area contributed by atoms with Gasteiger partial charge in [-0.3, -0.25) is 4.98 Å². The Labute approximate surface area is 114 Å². The first-order valence-electron chi connectivity index (χ1n) is 6.79. The molecule has 0 unspecified atom stereocenters. The molecule has 0 saturated heterocycles. The Hall–Kier alpha value is -1.87. The van der Waals surface area contributed by atoms with Crippen LogP contribution in [0, 0.1) is 6.92 Å². The molecule has 0 amide bonds. The van der Waals surface area contributed by atoms with Crippen LogP contribution in [0.4, 0.5) is 5.69 Å². The number of benzene rings is 1. The summed E-state index contributed by atoms with van der Waals surface area (Å²) in [7, 11) is 0. The van der Waals surface area contributed by atoms with Crippen LogP contribution < -0.4 is 10.6 Å². The smallest absolute Gasteiger partial charge is 0.0419 e. The number of hydrogen-bond donors (Lipinski definition) is 2. The average Bonchev–Trinajstić information content (AvgIpc) is 2.90. The predicted octanol–water partition coefficient (Wildman–Crippen LogP) is 2.65. The summed E-state index contributed by atoms with van der Waals surface area (Å²) in [5.74, 6) is 0. The van der Waals surface area contributed by atoms with Gasteiger partial charge in [0.2, 0.25) is 0 Å². The Balaban J connectivity index is 1.65. The first kappa shape index (κ1) is 12.2. The van der Waals surface area contributed by atoms with Crippen LogP contribution in [0.5, 0.6) is 0 Å². The van der Waals surface area contributed by atoms with E-state index < -0.39 is 0 Å². The molecular formula is C16H19N3. The summed E-state index contributed by atoms with van der Waals surface area (Å²) in [5.41, 5.74) is 6.69. The maximum Gasteiger partial charge on any atom is 0.0419 e. The zero-order valence-corrected chi connectivity index (χ0v) is 11.2. The van der Waals surface area contributed by atoms with E-state index in [0.29, 0.717) is 0 Å². The Morgan fingerprint density at radius 2 is 2.11 bits per heavy atom. The highest BCUT2D eigenvalue weighted by Crippen LogP contribution is 2.26. The summed E-state index contributed by atoms with van der Waals surface area (Å²) >= 11 is 0. The van der Waals surface area contributed by atoms with E-state index in [4.69, 9.17) is 0 Å². The highest BCUT2D eigenvalue weighted by molar-refractivity contribution is 5.61. The fourth-order valence-electron chi connectivity index (χ4n) is 2.57. The van der Waals surface area contributed by atoms with Crippen LogP contribution >= 0.6 is 0 Å². The van der Waals surface area contributed by atoms with Crippen LogP contribution in [0.25, 0.3) is 0 Å². The van der Waals surface area contributed by atoms with Crippen molar-refractivity contribution in [1.82, 2.24) is 10.3 Å². The van der Waals surface area contributed by atoms with Gasteiger partial charge in [0.05, 0.1) is 0 Å². The second-order valence-electron chi connectivity index (χ2n) is 5.03. The number of nitrogens with one attached hydrogen (secondary N) is 2. The summed E-state index contributed by atoms with van der Waals surface area (Å²) in [6.07, 6.45) is 4.92. The third-order valence-electron chi connectivity index (χ3n) is 3.71. The van der Waals surface area contributed by atoms with Gasteiger partial charge in [0, 0.05) is 37.7 Å². The van der Waals surface area contributed by atoms with Gasteiger partial charge >= 0.3 is 0 Å². The number of hydrogen-bond acceptors (Lipinski definition) is 3. The summed E-state index contributed by atoms with van der Waals surface area (Å²) < 4.78 is 0. The van der Waals surface area contributed by atoms with Gasteiger partial charge in [0.15, 0.2) is 0 Å². The summed E-state index contributed by atoms with van der Waals surface area (Å²) in [6, 6.07) is 8.61. The molecule has 98 valence electrons. The largest absolute Gasteiger partial charge is 0.384 e. The quantitative estimate of drug-likeness (QED) is 0.879. The Morgan fingerprint density at radius 3 is 3.00 bits per heavy atom. The molecule has 1 aliphatic rings. The molecule has 19 heavy (non-hydrogen) atoms. The summed E-state index contributed by atoms with van der Waals surface area (Å²) in [6.45, 7) is 4.95. The number of nitrogens with zero attached hydrogens (tertiary/aromatic N) is 1. The van der Waals surface area contributed by atoms with Crippen molar-refractivity contribution in [2.45, 2.75) is 26.4 Å². The van der Waals surface area contributed by atoms with E-state index in [1.807, 2.05) is 12.4 Å². The van der Waals surface area contributed by atoms with Crippen molar-refractivity contribution in [2.75, 3.05) is 11.9 Å². The topological polar surface area (TPSA) is 37.0 Å². The first-order valence-corrected chi connectivity index (χ1v) is 6.79. The Morgan fingerprint density at radius 1 is 1.21 bits per heavy atom. The van der Waals surface area contributed by atoms with Crippen molar-refractivity contribution in [3.05, 3.63) is 58.9 Å². The van der Waals surface area contributed by atoms with Crippen LogP contribution in [0.15, 0.2) is 36.7 Å². The van der Waals surface area contributed by atoms with Crippen LogP contribution in [0.1, 0.15) is 22.3 Å². The van der Waals surface area contributed by atoms with Crippen LogP contribution in [-0.2, 0) is 19.5 Å². The lowest BCUT2D eigenvalue weighted by Crippen LogP contribution is -2.14. The highest BCUT2D eigenvalue weighted by atomic mass is 14.9. The third-order valence-corrected chi connectivity index (χ3v) is 3.71. The fourth-order valence-corrected chi connectivity index (χ4v) is 2.57. The molecule has 2 aromatic rings. The number of aromatic nitrogens is 1. The van der Waals surface area contributed by atoms with Gasteiger partial charge in [-0.1, -0.05) is 18.2 Å². The van der Waals surface area contributed by atoms with Crippen molar-refractivity contribution in [1.29, 1.82) is 0 Å².